The number of likely N-dealkylation sites (N-methyl/N-ethyl adjacent to an activating group) is 1. The van der Waals surface area contributed by atoms with Crippen LogP contribution in [0.1, 0.15) is 128 Å². The van der Waals surface area contributed by atoms with Gasteiger partial charge in [-0.3, -0.25) is 19.2 Å². The molecular weight excluding hydrogens is 500 g/mol. The molecule has 0 aliphatic heterocycles. The van der Waals surface area contributed by atoms with Crippen LogP contribution in [0.2, 0.25) is 0 Å². The van der Waals surface area contributed by atoms with Gasteiger partial charge in [0.2, 0.25) is 11.8 Å². The lowest BCUT2D eigenvalue weighted by Crippen LogP contribution is -2.41. The van der Waals surface area contributed by atoms with Gasteiger partial charge in [-0.2, -0.15) is 0 Å². The molecule has 0 aliphatic carbocycles. The summed E-state index contributed by atoms with van der Waals surface area (Å²) in [6.45, 7) is 1.08. The second kappa shape index (κ2) is 26.0. The number of unbranched alkanes of at least 4 members (excludes halogenated alkanes) is 13. The zero-order chi connectivity index (χ0) is 29.1. The molecule has 0 bridgehead atoms. The van der Waals surface area contributed by atoms with Crippen molar-refractivity contribution in [3.8, 4) is 0 Å². The summed E-state index contributed by atoms with van der Waals surface area (Å²) < 4.78 is 0. The standard InChI is InChI=1S/C29H56N4O6/c1-31-25(29(38)39)19-15-17-23-33-28(37)24(30)18-14-16-22-32-26(34)20-12-10-8-6-4-2-3-5-7-9-11-13-21-27(35)36/h24-25,31H,2-23,30H2,1H3,(H,32,34)(H,33,37)(H,35,36)(H,38,39)/t24-,25-/m0/s1. The van der Waals surface area contributed by atoms with E-state index in [0.717, 1.165) is 44.9 Å². The van der Waals surface area contributed by atoms with E-state index in [1.807, 2.05) is 0 Å². The summed E-state index contributed by atoms with van der Waals surface area (Å²) in [5, 5.41) is 26.1. The fraction of sp³-hybridized carbons (Fsp3) is 0.862. The normalized spacial score (nSPS) is 12.6. The summed E-state index contributed by atoms with van der Waals surface area (Å²) in [6.07, 6.45) is 18.4. The van der Waals surface area contributed by atoms with Crippen molar-refractivity contribution in [2.45, 2.75) is 141 Å². The van der Waals surface area contributed by atoms with Crippen LogP contribution in [0.15, 0.2) is 0 Å². The second-order valence-electron chi connectivity index (χ2n) is 10.6. The highest BCUT2D eigenvalue weighted by molar-refractivity contribution is 5.81. The number of nitrogens with one attached hydrogen (secondary N) is 3. The minimum atomic E-state index is -0.867. The molecule has 2 amide bonds. The van der Waals surface area contributed by atoms with Crippen LogP contribution in [-0.4, -0.2) is 66.2 Å². The molecule has 0 aromatic heterocycles. The van der Waals surface area contributed by atoms with Crippen LogP contribution in [0.5, 0.6) is 0 Å². The SMILES string of the molecule is CN[C@@H](CCCCNC(=O)[C@@H](N)CCCCNC(=O)CCCCCCCCCCCCCCC(=O)O)C(=O)O. The van der Waals surface area contributed by atoms with E-state index >= 15 is 0 Å². The number of aliphatic carboxylic acids is 2. The Bertz CT molecular complexity index is 662. The largest absolute Gasteiger partial charge is 0.481 e. The van der Waals surface area contributed by atoms with Crippen LogP contribution in [0.3, 0.4) is 0 Å². The van der Waals surface area contributed by atoms with E-state index in [2.05, 4.69) is 16.0 Å². The summed E-state index contributed by atoms with van der Waals surface area (Å²) in [4.78, 5) is 45.5. The van der Waals surface area contributed by atoms with Crippen LogP contribution in [0.4, 0.5) is 0 Å². The molecular formula is C29H56N4O6. The number of amides is 2. The van der Waals surface area contributed by atoms with Gasteiger partial charge in [0.15, 0.2) is 0 Å². The van der Waals surface area contributed by atoms with Crippen molar-refractivity contribution in [3.05, 3.63) is 0 Å². The fourth-order valence-corrected chi connectivity index (χ4v) is 4.47. The Hall–Kier alpha value is -2.20. The molecule has 2 atom stereocenters. The molecule has 0 saturated heterocycles. The quantitative estimate of drug-likeness (QED) is 0.0782. The number of rotatable bonds is 28. The summed E-state index contributed by atoms with van der Waals surface area (Å²) >= 11 is 0. The van der Waals surface area contributed by atoms with E-state index in [4.69, 9.17) is 15.9 Å². The molecule has 10 nitrogen and oxygen atoms in total. The molecule has 0 unspecified atom stereocenters. The maximum absolute atomic E-state index is 12.1. The van der Waals surface area contributed by atoms with E-state index < -0.39 is 24.0 Å². The molecule has 0 aliphatic rings. The topological polar surface area (TPSA) is 171 Å². The van der Waals surface area contributed by atoms with Crippen LogP contribution < -0.4 is 21.7 Å². The number of carbonyl (C=O) groups excluding carboxylic acids is 2. The van der Waals surface area contributed by atoms with Crippen molar-refractivity contribution < 1.29 is 29.4 Å². The predicted molar refractivity (Wildman–Crippen MR) is 154 cm³/mol. The van der Waals surface area contributed by atoms with Crippen molar-refractivity contribution in [2.75, 3.05) is 20.1 Å². The number of carboxylic acid groups (broad SMARTS) is 2. The number of carbonyl (C=O) groups is 4. The van der Waals surface area contributed by atoms with E-state index in [1.165, 1.54) is 44.9 Å². The average molecular weight is 557 g/mol. The average Bonchev–Trinajstić information content (AvgIpc) is 2.89. The molecule has 39 heavy (non-hydrogen) atoms. The van der Waals surface area contributed by atoms with Gasteiger partial charge in [0.05, 0.1) is 6.04 Å². The predicted octanol–water partition coefficient (Wildman–Crippen LogP) is 4.11. The minimum Gasteiger partial charge on any atom is -0.481 e. The highest BCUT2D eigenvalue weighted by atomic mass is 16.4. The lowest BCUT2D eigenvalue weighted by Gasteiger charge is -2.13. The van der Waals surface area contributed by atoms with Gasteiger partial charge in [-0.05, 0) is 58.4 Å². The third kappa shape index (κ3) is 24.6. The van der Waals surface area contributed by atoms with Crippen molar-refractivity contribution in [1.29, 1.82) is 0 Å². The first-order chi connectivity index (χ1) is 18.8. The molecule has 0 heterocycles. The molecule has 0 aromatic carbocycles. The van der Waals surface area contributed by atoms with E-state index in [0.29, 0.717) is 51.6 Å². The van der Waals surface area contributed by atoms with Crippen LogP contribution in [-0.2, 0) is 19.2 Å². The third-order valence-electron chi connectivity index (χ3n) is 7.01. The Balaban J connectivity index is 3.47. The van der Waals surface area contributed by atoms with Crippen molar-refractivity contribution in [3.63, 3.8) is 0 Å². The van der Waals surface area contributed by atoms with E-state index in [1.54, 1.807) is 7.05 Å². The monoisotopic (exact) mass is 556 g/mol. The summed E-state index contributed by atoms with van der Waals surface area (Å²) in [6, 6.07) is -1.13. The van der Waals surface area contributed by atoms with Gasteiger partial charge in [-0.15, -0.1) is 0 Å². The Morgan fingerprint density at radius 1 is 0.615 bits per heavy atom. The summed E-state index contributed by atoms with van der Waals surface area (Å²) in [5.41, 5.74) is 5.95. The first kappa shape index (κ1) is 36.8. The summed E-state index contributed by atoms with van der Waals surface area (Å²) in [7, 11) is 1.62. The Morgan fingerprint density at radius 3 is 1.56 bits per heavy atom. The summed E-state index contributed by atoms with van der Waals surface area (Å²) in [5.74, 6) is -1.66. The zero-order valence-corrected chi connectivity index (χ0v) is 24.3. The zero-order valence-electron chi connectivity index (χ0n) is 24.3. The van der Waals surface area contributed by atoms with Crippen LogP contribution >= 0.6 is 0 Å². The highest BCUT2D eigenvalue weighted by Gasteiger charge is 2.15. The first-order valence-electron chi connectivity index (χ1n) is 15.2. The lowest BCUT2D eigenvalue weighted by molar-refractivity contribution is -0.139. The highest BCUT2D eigenvalue weighted by Crippen LogP contribution is 2.13. The second-order valence-corrected chi connectivity index (χ2v) is 10.6. The van der Waals surface area contributed by atoms with E-state index in [-0.39, 0.29) is 11.8 Å². The van der Waals surface area contributed by atoms with Gasteiger partial charge in [0, 0.05) is 25.9 Å². The Kier molecular flexibility index (Phi) is 24.6. The number of carboxylic acids is 2. The number of hydrogen-bond acceptors (Lipinski definition) is 6. The first-order valence-corrected chi connectivity index (χ1v) is 15.2. The number of hydrogen-bond donors (Lipinski definition) is 6. The van der Waals surface area contributed by atoms with Gasteiger partial charge in [-0.25, -0.2) is 0 Å². The molecule has 0 fully saturated rings. The van der Waals surface area contributed by atoms with E-state index in [9.17, 15) is 19.2 Å². The fourth-order valence-electron chi connectivity index (χ4n) is 4.47. The maximum Gasteiger partial charge on any atom is 0.320 e. The van der Waals surface area contributed by atoms with Crippen LogP contribution in [0, 0.1) is 0 Å². The molecule has 0 rings (SSSR count). The number of nitrogens with two attached hydrogens (primary N) is 1. The Morgan fingerprint density at radius 2 is 1.08 bits per heavy atom. The van der Waals surface area contributed by atoms with Crippen molar-refractivity contribution in [2.24, 2.45) is 5.73 Å². The van der Waals surface area contributed by atoms with Crippen LogP contribution in [0.25, 0.3) is 0 Å². The van der Waals surface area contributed by atoms with Crippen molar-refractivity contribution >= 4 is 23.8 Å². The smallest absolute Gasteiger partial charge is 0.320 e. The third-order valence-corrected chi connectivity index (χ3v) is 7.01. The maximum atomic E-state index is 12.1. The van der Waals surface area contributed by atoms with Crippen molar-refractivity contribution in [1.82, 2.24) is 16.0 Å². The van der Waals surface area contributed by atoms with Gasteiger partial charge >= 0.3 is 11.9 Å². The van der Waals surface area contributed by atoms with Gasteiger partial charge < -0.3 is 31.9 Å². The van der Waals surface area contributed by atoms with Gasteiger partial charge in [-0.1, -0.05) is 64.2 Å². The molecule has 0 spiro atoms. The Labute approximate surface area is 235 Å². The minimum absolute atomic E-state index is 0.0869. The van der Waals surface area contributed by atoms with Gasteiger partial charge in [0.1, 0.15) is 6.04 Å². The van der Waals surface area contributed by atoms with Gasteiger partial charge in [0.25, 0.3) is 0 Å². The molecule has 0 aromatic rings. The molecule has 0 radical (unpaired) electrons. The molecule has 10 heteroatoms. The lowest BCUT2D eigenvalue weighted by atomic mass is 10.0. The molecule has 7 N–H and O–H groups in total. The molecule has 228 valence electrons. The molecule has 0 saturated carbocycles.